The van der Waals surface area contributed by atoms with Crippen molar-refractivity contribution in [2.75, 3.05) is 13.6 Å². The first-order chi connectivity index (χ1) is 12.0. The summed E-state index contributed by atoms with van der Waals surface area (Å²) in [5.74, 6) is 1.52. The van der Waals surface area contributed by atoms with Gasteiger partial charge in [0, 0.05) is 25.7 Å². The molecule has 0 bridgehead atoms. The van der Waals surface area contributed by atoms with E-state index in [-0.39, 0.29) is 17.9 Å². The van der Waals surface area contributed by atoms with Crippen LogP contribution in [-0.2, 0) is 13.6 Å². The molecule has 25 heavy (non-hydrogen) atoms. The minimum Gasteiger partial charge on any atom is -0.424 e. The highest BCUT2D eigenvalue weighted by atomic mass is 16.4. The molecule has 1 saturated heterocycles. The maximum atomic E-state index is 12.0. The zero-order valence-corrected chi connectivity index (χ0v) is 15.5. The SMILES string of the molecule is CNC(=O)c1ccc([C@@H]2CCCCN2Cc2nnc(C(C)C)o2)n1C. The van der Waals surface area contributed by atoms with E-state index in [4.69, 9.17) is 4.42 Å². The molecule has 1 N–H and O–H groups in total. The molecule has 0 aromatic carbocycles. The lowest BCUT2D eigenvalue weighted by molar-refractivity contribution is 0.0951. The van der Waals surface area contributed by atoms with Crippen LogP contribution < -0.4 is 5.32 Å². The van der Waals surface area contributed by atoms with Crippen molar-refractivity contribution in [3.63, 3.8) is 0 Å². The van der Waals surface area contributed by atoms with E-state index >= 15 is 0 Å². The Bertz CT molecular complexity index is 734. The molecule has 0 unspecified atom stereocenters. The fraction of sp³-hybridized carbons (Fsp3) is 0.611. The number of hydrogen-bond donors (Lipinski definition) is 1. The summed E-state index contributed by atoms with van der Waals surface area (Å²) in [7, 11) is 3.61. The van der Waals surface area contributed by atoms with Gasteiger partial charge in [-0.1, -0.05) is 20.3 Å². The van der Waals surface area contributed by atoms with Gasteiger partial charge in [0.25, 0.3) is 5.91 Å². The number of amides is 1. The van der Waals surface area contributed by atoms with Gasteiger partial charge in [0.2, 0.25) is 11.8 Å². The van der Waals surface area contributed by atoms with Gasteiger partial charge in [0.05, 0.1) is 12.6 Å². The van der Waals surface area contributed by atoms with Crippen LogP contribution in [0.5, 0.6) is 0 Å². The number of rotatable bonds is 5. The summed E-state index contributed by atoms with van der Waals surface area (Å²) in [6, 6.07) is 4.21. The predicted molar refractivity (Wildman–Crippen MR) is 94.2 cm³/mol. The fourth-order valence-electron chi connectivity index (χ4n) is 3.47. The molecule has 1 aliphatic heterocycles. The number of hydrogen-bond acceptors (Lipinski definition) is 5. The molecule has 1 fully saturated rings. The van der Waals surface area contributed by atoms with Gasteiger partial charge in [-0.2, -0.15) is 0 Å². The Hall–Kier alpha value is -2.15. The smallest absolute Gasteiger partial charge is 0.267 e. The number of carbonyl (C=O) groups is 1. The van der Waals surface area contributed by atoms with Gasteiger partial charge in [0.15, 0.2) is 0 Å². The summed E-state index contributed by atoms with van der Waals surface area (Å²) in [5.41, 5.74) is 1.84. The molecule has 0 aliphatic carbocycles. The van der Waals surface area contributed by atoms with Gasteiger partial charge in [-0.15, -0.1) is 10.2 Å². The van der Waals surface area contributed by atoms with Crippen molar-refractivity contribution in [2.45, 2.75) is 51.6 Å². The lowest BCUT2D eigenvalue weighted by Crippen LogP contribution is -2.34. The first-order valence-corrected chi connectivity index (χ1v) is 8.95. The minimum absolute atomic E-state index is 0.0606. The summed E-state index contributed by atoms with van der Waals surface area (Å²) in [6.07, 6.45) is 3.41. The Morgan fingerprint density at radius 1 is 1.36 bits per heavy atom. The Kier molecular flexibility index (Phi) is 5.22. The molecule has 1 aliphatic rings. The largest absolute Gasteiger partial charge is 0.424 e. The summed E-state index contributed by atoms with van der Waals surface area (Å²) in [4.78, 5) is 14.4. The van der Waals surface area contributed by atoms with Crippen molar-refractivity contribution in [3.05, 3.63) is 35.3 Å². The van der Waals surface area contributed by atoms with Crippen LogP contribution in [0.2, 0.25) is 0 Å². The minimum atomic E-state index is -0.0606. The predicted octanol–water partition coefficient (Wildman–Crippen LogP) is 2.62. The second-order valence-electron chi connectivity index (χ2n) is 6.95. The van der Waals surface area contributed by atoms with Crippen molar-refractivity contribution >= 4 is 5.91 Å². The average molecular weight is 345 g/mol. The van der Waals surface area contributed by atoms with Crippen LogP contribution in [0.15, 0.2) is 16.5 Å². The van der Waals surface area contributed by atoms with Crippen molar-refractivity contribution in [1.29, 1.82) is 0 Å². The number of aromatic nitrogens is 3. The molecule has 136 valence electrons. The molecule has 7 nitrogen and oxygen atoms in total. The molecule has 7 heteroatoms. The molecule has 3 heterocycles. The third-order valence-corrected chi connectivity index (χ3v) is 4.89. The topological polar surface area (TPSA) is 76.2 Å². The molecule has 0 radical (unpaired) electrons. The number of piperidine rings is 1. The Labute approximate surface area is 148 Å². The number of likely N-dealkylation sites (tertiary alicyclic amines) is 1. The van der Waals surface area contributed by atoms with E-state index in [0.29, 0.717) is 24.0 Å². The maximum absolute atomic E-state index is 12.0. The van der Waals surface area contributed by atoms with Gasteiger partial charge in [-0.3, -0.25) is 9.69 Å². The molecule has 1 atom stereocenters. The molecule has 2 aromatic heterocycles. The first-order valence-electron chi connectivity index (χ1n) is 8.95. The molecule has 3 rings (SSSR count). The van der Waals surface area contributed by atoms with Gasteiger partial charge in [0.1, 0.15) is 5.69 Å². The average Bonchev–Trinajstić information content (AvgIpc) is 3.22. The van der Waals surface area contributed by atoms with Crippen molar-refractivity contribution < 1.29 is 9.21 Å². The summed E-state index contributed by atoms with van der Waals surface area (Å²) in [6.45, 7) is 5.73. The summed E-state index contributed by atoms with van der Waals surface area (Å²) in [5, 5.41) is 11.0. The molecular formula is C18H27N5O2. The van der Waals surface area contributed by atoms with E-state index in [1.54, 1.807) is 7.05 Å². The van der Waals surface area contributed by atoms with E-state index in [1.807, 2.05) is 31.5 Å². The van der Waals surface area contributed by atoms with Crippen LogP contribution >= 0.6 is 0 Å². The van der Waals surface area contributed by atoms with E-state index < -0.39 is 0 Å². The zero-order valence-electron chi connectivity index (χ0n) is 15.5. The van der Waals surface area contributed by atoms with Gasteiger partial charge < -0.3 is 14.3 Å². The second kappa shape index (κ2) is 7.39. The highest BCUT2D eigenvalue weighted by Gasteiger charge is 2.28. The normalized spacial score (nSPS) is 18.7. The molecule has 0 saturated carbocycles. The highest BCUT2D eigenvalue weighted by Crippen LogP contribution is 2.33. The van der Waals surface area contributed by atoms with Crippen molar-refractivity contribution in [2.24, 2.45) is 7.05 Å². The lowest BCUT2D eigenvalue weighted by atomic mass is 9.99. The van der Waals surface area contributed by atoms with E-state index in [2.05, 4.69) is 26.5 Å². The van der Waals surface area contributed by atoms with Crippen molar-refractivity contribution in [1.82, 2.24) is 25.0 Å². The van der Waals surface area contributed by atoms with E-state index in [9.17, 15) is 4.79 Å². The van der Waals surface area contributed by atoms with E-state index in [1.165, 1.54) is 6.42 Å². The quantitative estimate of drug-likeness (QED) is 0.901. The molecule has 1 amide bonds. The van der Waals surface area contributed by atoms with Crippen LogP contribution in [0.1, 0.15) is 73.0 Å². The third kappa shape index (κ3) is 3.61. The van der Waals surface area contributed by atoms with Crippen LogP contribution in [0.3, 0.4) is 0 Å². The second-order valence-corrected chi connectivity index (χ2v) is 6.95. The number of nitrogens with zero attached hydrogens (tertiary/aromatic N) is 4. The first kappa shape index (κ1) is 17.7. The lowest BCUT2D eigenvalue weighted by Gasteiger charge is -2.35. The molecular weight excluding hydrogens is 318 g/mol. The maximum Gasteiger partial charge on any atom is 0.267 e. The van der Waals surface area contributed by atoms with Crippen LogP contribution in [-0.4, -0.2) is 39.2 Å². The van der Waals surface area contributed by atoms with E-state index in [0.717, 1.165) is 25.1 Å². The van der Waals surface area contributed by atoms with Gasteiger partial charge in [-0.05, 0) is 31.5 Å². The van der Waals surface area contributed by atoms with Crippen LogP contribution in [0, 0.1) is 0 Å². The Morgan fingerprint density at radius 2 is 2.16 bits per heavy atom. The number of carbonyl (C=O) groups excluding carboxylic acids is 1. The number of nitrogens with one attached hydrogen (secondary N) is 1. The van der Waals surface area contributed by atoms with Crippen LogP contribution in [0.4, 0.5) is 0 Å². The zero-order chi connectivity index (χ0) is 18.0. The monoisotopic (exact) mass is 345 g/mol. The van der Waals surface area contributed by atoms with Gasteiger partial charge >= 0.3 is 0 Å². The van der Waals surface area contributed by atoms with Gasteiger partial charge in [-0.25, -0.2) is 0 Å². The fourth-order valence-corrected chi connectivity index (χ4v) is 3.47. The molecule has 0 spiro atoms. The Morgan fingerprint density at radius 3 is 2.84 bits per heavy atom. The highest BCUT2D eigenvalue weighted by molar-refractivity contribution is 5.92. The Balaban J connectivity index is 1.81. The summed E-state index contributed by atoms with van der Waals surface area (Å²) >= 11 is 0. The third-order valence-electron chi connectivity index (χ3n) is 4.89. The van der Waals surface area contributed by atoms with Crippen LogP contribution in [0.25, 0.3) is 0 Å². The summed E-state index contributed by atoms with van der Waals surface area (Å²) < 4.78 is 7.78. The van der Waals surface area contributed by atoms with Crippen molar-refractivity contribution in [3.8, 4) is 0 Å². The molecule has 2 aromatic rings. The standard InChI is InChI=1S/C18H27N5O2/c1-12(2)18-21-20-16(25-18)11-23-10-6-5-7-14(23)13-8-9-15(22(13)4)17(24)19-3/h8-9,12,14H,5-7,10-11H2,1-4H3,(H,19,24)/t14-/m0/s1.